The van der Waals surface area contributed by atoms with E-state index in [9.17, 15) is 5.11 Å². The van der Waals surface area contributed by atoms with E-state index >= 15 is 0 Å². The van der Waals surface area contributed by atoms with Crippen LogP contribution in [0.1, 0.15) is 67.2 Å². The molecule has 1 saturated heterocycles. The van der Waals surface area contributed by atoms with E-state index in [4.69, 9.17) is 5.73 Å². The fourth-order valence-electron chi connectivity index (χ4n) is 3.79. The molecule has 1 heterocycles. The van der Waals surface area contributed by atoms with E-state index in [-0.39, 0.29) is 11.1 Å². The third kappa shape index (κ3) is 2.83. The Morgan fingerprint density at radius 3 is 1.71 bits per heavy atom. The van der Waals surface area contributed by atoms with Crippen LogP contribution in [0.5, 0.6) is 0 Å². The lowest BCUT2D eigenvalue weighted by Gasteiger charge is -2.56. The molecule has 0 radical (unpaired) electrons. The SMILES string of the molecule is CCC(N)(CC)C1(O)CC(C)(C)NC(C)(C)C1. The zero-order valence-corrected chi connectivity index (χ0v) is 12.4. The summed E-state index contributed by atoms with van der Waals surface area (Å²) >= 11 is 0. The van der Waals surface area contributed by atoms with Crippen LogP contribution in [0.15, 0.2) is 0 Å². The Morgan fingerprint density at radius 1 is 1.06 bits per heavy atom. The molecule has 4 N–H and O–H groups in total. The molecule has 0 atom stereocenters. The molecule has 0 spiro atoms. The molecule has 102 valence electrons. The summed E-state index contributed by atoms with van der Waals surface area (Å²) in [5.41, 5.74) is 5.05. The van der Waals surface area contributed by atoms with Crippen LogP contribution in [0.4, 0.5) is 0 Å². The van der Waals surface area contributed by atoms with Gasteiger partial charge in [-0.15, -0.1) is 0 Å². The van der Waals surface area contributed by atoms with E-state index in [0.717, 1.165) is 12.8 Å². The van der Waals surface area contributed by atoms with Gasteiger partial charge >= 0.3 is 0 Å². The second kappa shape index (κ2) is 4.22. The van der Waals surface area contributed by atoms with E-state index in [0.29, 0.717) is 12.8 Å². The Balaban J connectivity index is 3.10. The number of rotatable bonds is 3. The number of hydrogen-bond donors (Lipinski definition) is 3. The second-order valence-corrected chi connectivity index (χ2v) is 7.14. The van der Waals surface area contributed by atoms with E-state index in [1.54, 1.807) is 0 Å². The molecule has 0 amide bonds. The van der Waals surface area contributed by atoms with Crippen LogP contribution in [0.25, 0.3) is 0 Å². The molecule has 0 aliphatic carbocycles. The molecule has 1 rings (SSSR count). The van der Waals surface area contributed by atoms with Crippen molar-refractivity contribution in [3.05, 3.63) is 0 Å². The van der Waals surface area contributed by atoms with Crippen LogP contribution in [0.2, 0.25) is 0 Å². The van der Waals surface area contributed by atoms with E-state index in [1.165, 1.54) is 0 Å². The Labute approximate surface area is 106 Å². The van der Waals surface area contributed by atoms with Crippen molar-refractivity contribution in [3.63, 3.8) is 0 Å². The van der Waals surface area contributed by atoms with Crippen molar-refractivity contribution in [2.24, 2.45) is 5.73 Å². The first-order chi connectivity index (χ1) is 7.49. The number of nitrogens with two attached hydrogens (primary N) is 1. The zero-order chi connectivity index (χ0) is 13.5. The lowest BCUT2D eigenvalue weighted by molar-refractivity contribution is -0.111. The van der Waals surface area contributed by atoms with Gasteiger partial charge in [0.25, 0.3) is 0 Å². The molecular weight excluding hydrogens is 212 g/mol. The highest BCUT2D eigenvalue weighted by Crippen LogP contribution is 2.43. The maximum Gasteiger partial charge on any atom is 0.0860 e. The third-order valence-electron chi connectivity index (χ3n) is 4.33. The first kappa shape index (κ1) is 14.9. The normalized spacial score (nSPS) is 26.8. The third-order valence-corrected chi connectivity index (χ3v) is 4.33. The lowest BCUT2D eigenvalue weighted by atomic mass is 9.62. The van der Waals surface area contributed by atoms with Crippen molar-refractivity contribution < 1.29 is 5.11 Å². The van der Waals surface area contributed by atoms with Gasteiger partial charge in [0.15, 0.2) is 0 Å². The summed E-state index contributed by atoms with van der Waals surface area (Å²) in [6, 6.07) is 0. The molecule has 1 aliphatic heterocycles. The lowest BCUT2D eigenvalue weighted by Crippen LogP contribution is -2.72. The van der Waals surface area contributed by atoms with E-state index < -0.39 is 11.1 Å². The number of aliphatic hydroxyl groups is 1. The quantitative estimate of drug-likeness (QED) is 0.711. The van der Waals surface area contributed by atoms with Crippen molar-refractivity contribution in [1.82, 2.24) is 5.32 Å². The molecule has 3 nitrogen and oxygen atoms in total. The molecule has 0 aromatic rings. The summed E-state index contributed by atoms with van der Waals surface area (Å²) in [4.78, 5) is 0. The Hall–Kier alpha value is -0.120. The van der Waals surface area contributed by atoms with Gasteiger partial charge < -0.3 is 16.2 Å². The van der Waals surface area contributed by atoms with Gasteiger partial charge in [-0.05, 0) is 53.4 Å². The van der Waals surface area contributed by atoms with Crippen LogP contribution >= 0.6 is 0 Å². The Morgan fingerprint density at radius 2 is 1.41 bits per heavy atom. The molecule has 1 aliphatic rings. The maximum absolute atomic E-state index is 11.1. The van der Waals surface area contributed by atoms with Gasteiger partial charge in [0.1, 0.15) is 0 Å². The molecule has 0 bridgehead atoms. The fourth-order valence-corrected chi connectivity index (χ4v) is 3.79. The highest BCUT2D eigenvalue weighted by molar-refractivity contribution is 5.13. The molecule has 0 saturated carbocycles. The minimum absolute atomic E-state index is 0.0779. The Bertz CT molecular complexity index is 264. The average Bonchev–Trinajstić information content (AvgIpc) is 2.10. The standard InChI is InChI=1S/C14H30N2O/c1-7-13(15,8-2)14(17)9-11(3,4)16-12(5,6)10-14/h16-17H,7-10,15H2,1-6H3. The summed E-state index contributed by atoms with van der Waals surface area (Å²) in [5.74, 6) is 0. The van der Waals surface area contributed by atoms with Gasteiger partial charge in [-0.2, -0.15) is 0 Å². The van der Waals surface area contributed by atoms with Crippen LogP contribution in [-0.4, -0.2) is 27.3 Å². The van der Waals surface area contributed by atoms with Crippen molar-refractivity contribution in [1.29, 1.82) is 0 Å². The highest BCUT2D eigenvalue weighted by atomic mass is 16.3. The predicted octanol–water partition coefficient (Wildman–Crippen LogP) is 2.18. The number of hydrogen-bond acceptors (Lipinski definition) is 3. The summed E-state index contributed by atoms with van der Waals surface area (Å²) in [7, 11) is 0. The Kier molecular flexibility index (Phi) is 3.70. The van der Waals surface area contributed by atoms with Crippen LogP contribution in [0.3, 0.4) is 0 Å². The summed E-state index contributed by atoms with van der Waals surface area (Å²) in [6.07, 6.45) is 3.04. The summed E-state index contributed by atoms with van der Waals surface area (Å²) < 4.78 is 0. The average molecular weight is 242 g/mol. The highest BCUT2D eigenvalue weighted by Gasteiger charge is 2.54. The smallest absolute Gasteiger partial charge is 0.0860 e. The molecule has 3 heteroatoms. The monoisotopic (exact) mass is 242 g/mol. The summed E-state index contributed by atoms with van der Waals surface area (Å²) in [5, 5.41) is 14.7. The van der Waals surface area contributed by atoms with Gasteiger partial charge in [-0.3, -0.25) is 0 Å². The second-order valence-electron chi connectivity index (χ2n) is 7.14. The molecule has 1 fully saturated rings. The van der Waals surface area contributed by atoms with Gasteiger partial charge in [0.2, 0.25) is 0 Å². The fraction of sp³-hybridized carbons (Fsp3) is 1.00. The van der Waals surface area contributed by atoms with Crippen molar-refractivity contribution in [3.8, 4) is 0 Å². The van der Waals surface area contributed by atoms with Crippen LogP contribution < -0.4 is 11.1 Å². The zero-order valence-electron chi connectivity index (χ0n) is 12.4. The van der Waals surface area contributed by atoms with Crippen molar-refractivity contribution in [2.75, 3.05) is 0 Å². The van der Waals surface area contributed by atoms with Gasteiger partial charge in [0.05, 0.1) is 5.60 Å². The van der Waals surface area contributed by atoms with Gasteiger partial charge in [-0.1, -0.05) is 13.8 Å². The van der Waals surface area contributed by atoms with Crippen LogP contribution in [0, 0.1) is 0 Å². The van der Waals surface area contributed by atoms with E-state index in [2.05, 4.69) is 46.9 Å². The number of piperidine rings is 1. The first-order valence-electron chi connectivity index (χ1n) is 6.80. The minimum Gasteiger partial charge on any atom is -0.388 e. The van der Waals surface area contributed by atoms with Gasteiger partial charge in [0, 0.05) is 16.6 Å². The number of nitrogens with one attached hydrogen (secondary N) is 1. The topological polar surface area (TPSA) is 58.3 Å². The van der Waals surface area contributed by atoms with E-state index in [1.807, 2.05) is 0 Å². The molecular formula is C14H30N2O. The molecule has 0 aromatic heterocycles. The molecule has 17 heavy (non-hydrogen) atoms. The maximum atomic E-state index is 11.1. The van der Waals surface area contributed by atoms with Crippen molar-refractivity contribution in [2.45, 2.75) is 89.4 Å². The largest absolute Gasteiger partial charge is 0.388 e. The molecule has 0 aromatic carbocycles. The van der Waals surface area contributed by atoms with Gasteiger partial charge in [-0.25, -0.2) is 0 Å². The predicted molar refractivity (Wildman–Crippen MR) is 73.0 cm³/mol. The van der Waals surface area contributed by atoms with Crippen molar-refractivity contribution >= 4 is 0 Å². The summed E-state index contributed by atoms with van der Waals surface area (Å²) in [6.45, 7) is 12.7. The molecule has 0 unspecified atom stereocenters. The minimum atomic E-state index is -0.783. The van der Waals surface area contributed by atoms with Crippen LogP contribution in [-0.2, 0) is 0 Å². The first-order valence-corrected chi connectivity index (χ1v) is 6.80.